The number of hydrogen-bond acceptors (Lipinski definition) is 6. The van der Waals surface area contributed by atoms with Gasteiger partial charge in [0.2, 0.25) is 15.9 Å². The summed E-state index contributed by atoms with van der Waals surface area (Å²) in [5.41, 5.74) is 1.75. The number of piperidine rings is 1. The Morgan fingerprint density at radius 2 is 1.97 bits per heavy atom. The number of rotatable bonds is 7. The van der Waals surface area contributed by atoms with E-state index in [4.69, 9.17) is 4.74 Å². The number of nitrogens with zero attached hydrogens (tertiary/aromatic N) is 2. The second-order valence-corrected chi connectivity index (χ2v) is 10.8. The number of carbonyl (C=O) groups is 2. The van der Waals surface area contributed by atoms with Gasteiger partial charge < -0.3 is 14.6 Å². The SMILES string of the molecule is CCOC(=O)c1c(S(=O)(=O)N2CCC[C@@H](C(=O)Nc3cccc(SC)c3)C2)c(C)n(C)c1C. The number of sulfonamides is 1. The van der Waals surface area contributed by atoms with Crippen LogP contribution in [0.2, 0.25) is 0 Å². The first kappa shape index (κ1) is 25.3. The molecule has 0 spiro atoms. The lowest BCUT2D eigenvalue weighted by Gasteiger charge is -2.31. The normalized spacial score (nSPS) is 17.1. The number of benzene rings is 1. The largest absolute Gasteiger partial charge is 0.462 e. The Balaban J connectivity index is 1.87. The molecule has 0 unspecified atom stereocenters. The quantitative estimate of drug-likeness (QED) is 0.468. The highest BCUT2D eigenvalue weighted by molar-refractivity contribution is 7.98. The Morgan fingerprint density at radius 3 is 2.64 bits per heavy atom. The molecule has 2 heterocycles. The lowest BCUT2D eigenvalue weighted by atomic mass is 9.99. The number of aromatic nitrogens is 1. The zero-order chi connectivity index (χ0) is 24.3. The Kier molecular flexibility index (Phi) is 7.92. The summed E-state index contributed by atoms with van der Waals surface area (Å²) in [5.74, 6) is -1.35. The van der Waals surface area contributed by atoms with Gasteiger partial charge in [-0.15, -0.1) is 11.8 Å². The second-order valence-electron chi connectivity index (χ2n) is 8.08. The zero-order valence-corrected chi connectivity index (χ0v) is 21.3. The molecule has 1 amide bonds. The van der Waals surface area contributed by atoms with Crippen molar-refractivity contribution >= 4 is 39.3 Å². The molecule has 3 rings (SSSR count). The zero-order valence-electron chi connectivity index (χ0n) is 19.7. The second kappa shape index (κ2) is 10.3. The first-order chi connectivity index (χ1) is 15.6. The van der Waals surface area contributed by atoms with Gasteiger partial charge in [0, 0.05) is 42.1 Å². The van der Waals surface area contributed by atoms with Gasteiger partial charge in [0.1, 0.15) is 10.5 Å². The highest BCUT2D eigenvalue weighted by Crippen LogP contribution is 2.32. The molecule has 10 heteroatoms. The average Bonchev–Trinajstić information content (AvgIpc) is 3.04. The number of hydrogen-bond donors (Lipinski definition) is 1. The first-order valence-corrected chi connectivity index (χ1v) is 13.6. The first-order valence-electron chi connectivity index (χ1n) is 10.9. The van der Waals surface area contributed by atoms with Crippen molar-refractivity contribution in [1.82, 2.24) is 8.87 Å². The molecule has 1 saturated heterocycles. The molecule has 1 aliphatic heterocycles. The van der Waals surface area contributed by atoms with Gasteiger partial charge >= 0.3 is 5.97 Å². The van der Waals surface area contributed by atoms with Crippen molar-refractivity contribution in [3.63, 3.8) is 0 Å². The standard InChI is InChI=1S/C23H31N3O5S2/c1-6-31-23(28)20-15(2)25(4)16(3)21(20)33(29,30)26-12-8-9-17(14-26)22(27)24-18-10-7-11-19(13-18)32-5/h7,10-11,13,17H,6,8-9,12,14H2,1-5H3,(H,24,27)/t17-/m1/s1. The molecule has 2 aromatic rings. The fourth-order valence-corrected chi connectivity index (χ4v) is 6.59. The van der Waals surface area contributed by atoms with E-state index >= 15 is 0 Å². The van der Waals surface area contributed by atoms with Crippen LogP contribution < -0.4 is 5.32 Å². The van der Waals surface area contributed by atoms with Gasteiger partial charge in [0.15, 0.2) is 0 Å². The van der Waals surface area contributed by atoms with Crippen LogP contribution >= 0.6 is 11.8 Å². The molecule has 1 fully saturated rings. The molecule has 0 aliphatic carbocycles. The van der Waals surface area contributed by atoms with Crippen molar-refractivity contribution < 1.29 is 22.7 Å². The van der Waals surface area contributed by atoms with E-state index in [-0.39, 0.29) is 29.5 Å². The van der Waals surface area contributed by atoms with Crippen molar-refractivity contribution in [2.24, 2.45) is 13.0 Å². The predicted octanol–water partition coefficient (Wildman–Crippen LogP) is 3.58. The molecule has 0 bridgehead atoms. The van der Waals surface area contributed by atoms with Crippen LogP contribution in [0.15, 0.2) is 34.1 Å². The van der Waals surface area contributed by atoms with Crippen LogP contribution in [0, 0.1) is 19.8 Å². The lowest BCUT2D eigenvalue weighted by molar-refractivity contribution is -0.120. The molecule has 1 aliphatic rings. The van der Waals surface area contributed by atoms with Gasteiger partial charge in [-0.25, -0.2) is 13.2 Å². The van der Waals surface area contributed by atoms with E-state index in [2.05, 4.69) is 5.32 Å². The van der Waals surface area contributed by atoms with Crippen LogP contribution in [0.3, 0.4) is 0 Å². The molecule has 180 valence electrons. The van der Waals surface area contributed by atoms with Gasteiger partial charge in [-0.05, 0) is 58.1 Å². The minimum Gasteiger partial charge on any atom is -0.462 e. The van der Waals surface area contributed by atoms with Gasteiger partial charge in [-0.3, -0.25) is 4.79 Å². The fraction of sp³-hybridized carbons (Fsp3) is 0.478. The van der Waals surface area contributed by atoms with Gasteiger partial charge in [0.25, 0.3) is 0 Å². The number of nitrogens with one attached hydrogen (secondary N) is 1. The van der Waals surface area contributed by atoms with Gasteiger partial charge in [-0.2, -0.15) is 4.31 Å². The van der Waals surface area contributed by atoms with Crippen LogP contribution in [0.5, 0.6) is 0 Å². The molecule has 1 aromatic heterocycles. The number of carbonyl (C=O) groups excluding carboxylic acids is 2. The summed E-state index contributed by atoms with van der Waals surface area (Å²) in [4.78, 5) is 26.6. The van der Waals surface area contributed by atoms with E-state index in [9.17, 15) is 18.0 Å². The summed E-state index contributed by atoms with van der Waals surface area (Å²) >= 11 is 1.58. The monoisotopic (exact) mass is 493 g/mol. The third-order valence-electron chi connectivity index (χ3n) is 6.09. The summed E-state index contributed by atoms with van der Waals surface area (Å²) in [6, 6.07) is 7.54. The Hall–Kier alpha value is -2.30. The van der Waals surface area contributed by atoms with Crippen LogP contribution in [0.4, 0.5) is 5.69 Å². The highest BCUT2D eigenvalue weighted by atomic mass is 32.2. The van der Waals surface area contributed by atoms with Crippen LogP contribution in [0.25, 0.3) is 0 Å². The molecular weight excluding hydrogens is 462 g/mol. The van der Waals surface area contributed by atoms with E-state index in [0.29, 0.717) is 36.5 Å². The van der Waals surface area contributed by atoms with Crippen LogP contribution in [-0.4, -0.2) is 55.1 Å². The third-order valence-corrected chi connectivity index (χ3v) is 8.85. The molecule has 0 radical (unpaired) electrons. The van der Waals surface area contributed by atoms with Crippen LogP contribution in [0.1, 0.15) is 41.5 Å². The number of thioether (sulfide) groups is 1. The molecule has 0 saturated carbocycles. The van der Waals surface area contributed by atoms with Gasteiger partial charge in [-0.1, -0.05) is 6.07 Å². The number of esters is 1. The Morgan fingerprint density at radius 1 is 1.24 bits per heavy atom. The van der Waals surface area contributed by atoms with E-state index in [1.54, 1.807) is 44.1 Å². The molecule has 8 nitrogen and oxygen atoms in total. The van der Waals surface area contributed by atoms with E-state index in [0.717, 1.165) is 4.90 Å². The summed E-state index contributed by atoms with van der Waals surface area (Å²) < 4.78 is 35.5. The fourth-order valence-electron chi connectivity index (χ4n) is 4.13. The van der Waals surface area contributed by atoms with E-state index < -0.39 is 21.9 Å². The van der Waals surface area contributed by atoms with Crippen molar-refractivity contribution in [2.45, 2.75) is 43.4 Å². The smallest absolute Gasteiger partial charge is 0.341 e. The highest BCUT2D eigenvalue weighted by Gasteiger charge is 2.39. The predicted molar refractivity (Wildman–Crippen MR) is 129 cm³/mol. The Bertz CT molecular complexity index is 1160. The lowest BCUT2D eigenvalue weighted by Crippen LogP contribution is -2.44. The van der Waals surface area contributed by atoms with Crippen molar-refractivity contribution in [1.29, 1.82) is 0 Å². The molecule has 1 aromatic carbocycles. The maximum atomic E-state index is 13.7. The number of amides is 1. The minimum atomic E-state index is -4.01. The van der Waals surface area contributed by atoms with Crippen molar-refractivity contribution in [3.05, 3.63) is 41.2 Å². The molecule has 1 atom stereocenters. The van der Waals surface area contributed by atoms with E-state index in [1.165, 1.54) is 4.31 Å². The Labute approximate surface area is 199 Å². The molecular formula is C23H31N3O5S2. The summed E-state index contributed by atoms with van der Waals surface area (Å²) in [7, 11) is -2.29. The summed E-state index contributed by atoms with van der Waals surface area (Å²) in [6.07, 6.45) is 3.11. The van der Waals surface area contributed by atoms with Gasteiger partial charge in [0.05, 0.1) is 12.5 Å². The van der Waals surface area contributed by atoms with Crippen molar-refractivity contribution in [3.8, 4) is 0 Å². The topological polar surface area (TPSA) is 97.7 Å². The van der Waals surface area contributed by atoms with Crippen molar-refractivity contribution in [2.75, 3.05) is 31.3 Å². The third kappa shape index (κ3) is 5.12. The number of anilines is 1. The summed E-state index contributed by atoms with van der Waals surface area (Å²) in [6.45, 7) is 5.56. The van der Waals surface area contributed by atoms with Crippen LogP contribution in [-0.2, 0) is 26.6 Å². The molecule has 33 heavy (non-hydrogen) atoms. The maximum absolute atomic E-state index is 13.7. The molecule has 1 N–H and O–H groups in total. The van der Waals surface area contributed by atoms with E-state index in [1.807, 2.05) is 30.5 Å². The average molecular weight is 494 g/mol. The number of ether oxygens (including phenoxy) is 1. The maximum Gasteiger partial charge on any atom is 0.341 e. The minimum absolute atomic E-state index is 0.0327. The summed E-state index contributed by atoms with van der Waals surface area (Å²) in [5, 5.41) is 2.92.